The van der Waals surface area contributed by atoms with E-state index in [0.717, 1.165) is 12.0 Å². The fraction of sp³-hybridized carbons (Fsp3) is 0.318. The number of esters is 1. The molecule has 9 heteroatoms. The minimum absolute atomic E-state index is 0.127. The molecule has 3 rings (SSSR count). The van der Waals surface area contributed by atoms with Gasteiger partial charge in [0.2, 0.25) is 5.91 Å². The Morgan fingerprint density at radius 3 is 2.48 bits per heavy atom. The molecule has 1 aromatic heterocycles. The van der Waals surface area contributed by atoms with E-state index in [1.807, 2.05) is 6.92 Å². The first-order valence-electron chi connectivity index (χ1n) is 9.89. The number of carbonyl (C=O) groups excluding carboxylic acids is 4. The maximum atomic E-state index is 13.0. The van der Waals surface area contributed by atoms with Crippen LogP contribution in [0.2, 0.25) is 0 Å². The minimum Gasteiger partial charge on any atom is -0.427 e. The van der Waals surface area contributed by atoms with Crippen molar-refractivity contribution in [1.82, 2.24) is 9.88 Å². The zero-order chi connectivity index (χ0) is 22.5. The molecule has 3 amide bonds. The standard InChI is InChI=1S/C22H24N4O5/c1-13-3-8-19(15-4-6-18(7-5-15)31-14(2)27)26(12-13)22(30)21(29)25-17-9-16(20(23)28)10-24-11-17/h4-7,9-11,13,19H,3,8,12H2,1-2H3,(H2,23,28)(H,25,29)/t13-,19+/m0/s1. The number of pyridine rings is 1. The van der Waals surface area contributed by atoms with Crippen molar-refractivity contribution < 1.29 is 23.9 Å². The number of ether oxygens (including phenoxy) is 1. The number of carbonyl (C=O) groups is 4. The lowest BCUT2D eigenvalue weighted by atomic mass is 9.89. The molecule has 2 atom stereocenters. The first-order chi connectivity index (χ1) is 14.7. The van der Waals surface area contributed by atoms with E-state index in [9.17, 15) is 19.2 Å². The summed E-state index contributed by atoms with van der Waals surface area (Å²) >= 11 is 0. The van der Waals surface area contributed by atoms with Crippen molar-refractivity contribution >= 4 is 29.4 Å². The van der Waals surface area contributed by atoms with Crippen LogP contribution in [0, 0.1) is 5.92 Å². The van der Waals surface area contributed by atoms with Crippen LogP contribution in [0.25, 0.3) is 0 Å². The number of anilines is 1. The van der Waals surface area contributed by atoms with E-state index in [-0.39, 0.29) is 23.2 Å². The quantitative estimate of drug-likeness (QED) is 0.439. The highest BCUT2D eigenvalue weighted by Gasteiger charge is 2.34. The summed E-state index contributed by atoms with van der Waals surface area (Å²) in [6, 6.07) is 7.99. The van der Waals surface area contributed by atoms with Gasteiger partial charge in [0, 0.05) is 19.7 Å². The summed E-state index contributed by atoms with van der Waals surface area (Å²) in [4.78, 5) is 53.5. The lowest BCUT2D eigenvalue weighted by molar-refractivity contribution is -0.146. The van der Waals surface area contributed by atoms with Gasteiger partial charge in [-0.2, -0.15) is 0 Å². The number of benzene rings is 1. The van der Waals surface area contributed by atoms with Gasteiger partial charge in [0.05, 0.1) is 23.5 Å². The summed E-state index contributed by atoms with van der Waals surface area (Å²) in [5.41, 5.74) is 6.42. The predicted molar refractivity (Wildman–Crippen MR) is 112 cm³/mol. The summed E-state index contributed by atoms with van der Waals surface area (Å²) in [6.07, 6.45) is 4.22. The second-order valence-corrected chi connectivity index (χ2v) is 7.60. The number of rotatable bonds is 4. The van der Waals surface area contributed by atoms with Gasteiger partial charge in [0.15, 0.2) is 0 Å². The van der Waals surface area contributed by atoms with Crippen LogP contribution in [0.1, 0.15) is 48.7 Å². The van der Waals surface area contributed by atoms with Crippen molar-refractivity contribution in [2.45, 2.75) is 32.7 Å². The molecule has 0 radical (unpaired) electrons. The number of hydrogen-bond donors (Lipinski definition) is 2. The maximum absolute atomic E-state index is 13.0. The van der Waals surface area contributed by atoms with Crippen molar-refractivity contribution in [2.75, 3.05) is 11.9 Å². The monoisotopic (exact) mass is 424 g/mol. The van der Waals surface area contributed by atoms with Crippen molar-refractivity contribution in [3.8, 4) is 5.75 Å². The topological polar surface area (TPSA) is 132 Å². The molecule has 0 aliphatic carbocycles. The zero-order valence-corrected chi connectivity index (χ0v) is 17.3. The van der Waals surface area contributed by atoms with Crippen molar-refractivity contribution in [3.63, 3.8) is 0 Å². The summed E-state index contributed by atoms with van der Waals surface area (Å²) in [5, 5.41) is 2.49. The zero-order valence-electron chi connectivity index (χ0n) is 17.3. The fourth-order valence-corrected chi connectivity index (χ4v) is 3.61. The molecule has 1 aromatic carbocycles. The number of hydrogen-bond acceptors (Lipinski definition) is 6. The fourth-order valence-electron chi connectivity index (χ4n) is 3.61. The molecule has 2 heterocycles. The Bertz CT molecular complexity index is 1010. The summed E-state index contributed by atoms with van der Waals surface area (Å²) in [7, 11) is 0. The highest BCUT2D eigenvalue weighted by molar-refractivity contribution is 6.39. The Kier molecular flexibility index (Phi) is 6.64. The molecule has 0 spiro atoms. The van der Waals surface area contributed by atoms with Gasteiger partial charge < -0.3 is 20.7 Å². The van der Waals surface area contributed by atoms with Crippen LogP contribution in [0.4, 0.5) is 5.69 Å². The van der Waals surface area contributed by atoms with E-state index in [1.54, 1.807) is 29.2 Å². The van der Waals surface area contributed by atoms with E-state index in [1.165, 1.54) is 25.4 Å². The smallest absolute Gasteiger partial charge is 0.313 e. The average Bonchev–Trinajstić information content (AvgIpc) is 2.73. The molecule has 0 saturated carbocycles. The largest absolute Gasteiger partial charge is 0.427 e. The maximum Gasteiger partial charge on any atom is 0.313 e. The van der Waals surface area contributed by atoms with Gasteiger partial charge >= 0.3 is 17.8 Å². The van der Waals surface area contributed by atoms with E-state index in [4.69, 9.17) is 10.5 Å². The van der Waals surface area contributed by atoms with Gasteiger partial charge in [-0.25, -0.2) is 0 Å². The van der Waals surface area contributed by atoms with Gasteiger partial charge in [-0.15, -0.1) is 0 Å². The summed E-state index contributed by atoms with van der Waals surface area (Å²) in [5.74, 6) is -1.94. The third kappa shape index (κ3) is 5.44. The molecule has 31 heavy (non-hydrogen) atoms. The summed E-state index contributed by atoms with van der Waals surface area (Å²) in [6.45, 7) is 3.78. The molecule has 1 aliphatic heterocycles. The molecule has 1 fully saturated rings. The molecule has 0 bridgehead atoms. The molecule has 162 valence electrons. The third-order valence-electron chi connectivity index (χ3n) is 5.08. The van der Waals surface area contributed by atoms with Gasteiger partial charge in [-0.1, -0.05) is 19.1 Å². The van der Waals surface area contributed by atoms with Crippen LogP contribution in [0.15, 0.2) is 42.7 Å². The third-order valence-corrected chi connectivity index (χ3v) is 5.08. The van der Waals surface area contributed by atoms with Crippen molar-refractivity contribution in [3.05, 3.63) is 53.9 Å². The second-order valence-electron chi connectivity index (χ2n) is 7.60. The molecule has 1 aliphatic rings. The normalized spacial score (nSPS) is 18.2. The molecule has 2 aromatic rings. The number of nitrogens with one attached hydrogen (secondary N) is 1. The molecule has 0 unspecified atom stereocenters. The van der Waals surface area contributed by atoms with E-state index in [2.05, 4.69) is 10.3 Å². The Morgan fingerprint density at radius 2 is 1.84 bits per heavy atom. The van der Waals surface area contributed by atoms with Gasteiger partial charge in [-0.05, 0) is 42.5 Å². The number of likely N-dealkylation sites (tertiary alicyclic amines) is 1. The van der Waals surface area contributed by atoms with E-state index >= 15 is 0 Å². The molecule has 9 nitrogen and oxygen atoms in total. The number of amides is 3. The van der Waals surface area contributed by atoms with E-state index < -0.39 is 23.7 Å². The molecular formula is C22H24N4O5. The van der Waals surface area contributed by atoms with Crippen LogP contribution in [-0.4, -0.2) is 40.1 Å². The number of nitrogens with zero attached hydrogens (tertiary/aromatic N) is 2. The first kappa shape index (κ1) is 21.9. The minimum atomic E-state index is -0.820. The predicted octanol–water partition coefficient (Wildman–Crippen LogP) is 2.04. The van der Waals surface area contributed by atoms with Gasteiger partial charge in [0.25, 0.3) is 0 Å². The SMILES string of the molecule is CC(=O)Oc1ccc([C@H]2CC[C@H](C)CN2C(=O)C(=O)Nc2cncc(C(N)=O)c2)cc1. The van der Waals surface area contributed by atoms with Crippen LogP contribution in [0.3, 0.4) is 0 Å². The molecular weight excluding hydrogens is 400 g/mol. The second kappa shape index (κ2) is 9.38. The highest BCUT2D eigenvalue weighted by atomic mass is 16.5. The summed E-state index contributed by atoms with van der Waals surface area (Å²) < 4.78 is 5.06. The van der Waals surface area contributed by atoms with Gasteiger partial charge in [0.1, 0.15) is 5.75 Å². The van der Waals surface area contributed by atoms with Crippen LogP contribution < -0.4 is 15.8 Å². The van der Waals surface area contributed by atoms with Crippen molar-refractivity contribution in [2.24, 2.45) is 11.7 Å². The number of nitrogens with two attached hydrogens (primary N) is 1. The molecule has 3 N–H and O–H groups in total. The first-order valence-corrected chi connectivity index (χ1v) is 9.89. The Balaban J connectivity index is 1.77. The number of aromatic nitrogens is 1. The van der Waals surface area contributed by atoms with Gasteiger partial charge in [-0.3, -0.25) is 24.2 Å². The number of primary amides is 1. The van der Waals surface area contributed by atoms with Crippen LogP contribution in [-0.2, 0) is 14.4 Å². The highest BCUT2D eigenvalue weighted by Crippen LogP contribution is 2.34. The van der Waals surface area contributed by atoms with Crippen LogP contribution >= 0.6 is 0 Å². The Labute approximate surface area is 179 Å². The van der Waals surface area contributed by atoms with Crippen LogP contribution in [0.5, 0.6) is 5.75 Å². The number of piperidine rings is 1. The Morgan fingerprint density at radius 1 is 1.13 bits per heavy atom. The van der Waals surface area contributed by atoms with Crippen molar-refractivity contribution in [1.29, 1.82) is 0 Å². The van der Waals surface area contributed by atoms with E-state index in [0.29, 0.717) is 18.7 Å². The lowest BCUT2D eigenvalue weighted by Gasteiger charge is -2.38. The average molecular weight is 424 g/mol. The Hall–Kier alpha value is -3.75. The molecule has 1 saturated heterocycles. The lowest BCUT2D eigenvalue weighted by Crippen LogP contribution is -2.46.